The number of carbonyl (C=O) groups excluding carboxylic acids is 1. The molecular weight excluding hydrogens is 202 g/mol. The molecule has 6 heteroatoms. The molecule has 6 nitrogen and oxygen atoms in total. The lowest BCUT2D eigenvalue weighted by atomic mass is 9.81. The zero-order valence-electron chi connectivity index (χ0n) is 8.43. The summed E-state index contributed by atoms with van der Waals surface area (Å²) in [5.74, 6) is -5.32. The van der Waals surface area contributed by atoms with Gasteiger partial charge in [0, 0.05) is 5.92 Å². The minimum Gasteiger partial charge on any atom is -0.481 e. The molecule has 1 aliphatic heterocycles. The van der Waals surface area contributed by atoms with Crippen molar-refractivity contribution >= 4 is 17.8 Å². The molecular formula is C9H13NO5. The second-order valence-corrected chi connectivity index (χ2v) is 3.96. The van der Waals surface area contributed by atoms with Crippen molar-refractivity contribution in [1.82, 2.24) is 5.32 Å². The van der Waals surface area contributed by atoms with Gasteiger partial charge in [-0.05, 0) is 5.92 Å². The molecule has 0 aromatic rings. The SMILES string of the molecule is CC(C)C1C(C(=O)O)NC(=O)C1C(=O)O. The summed E-state index contributed by atoms with van der Waals surface area (Å²) in [6, 6.07) is -1.10. The van der Waals surface area contributed by atoms with Crippen LogP contribution in [-0.4, -0.2) is 34.1 Å². The van der Waals surface area contributed by atoms with Crippen LogP contribution in [0.25, 0.3) is 0 Å². The lowest BCUT2D eigenvalue weighted by Gasteiger charge is -2.21. The number of nitrogens with one attached hydrogen (secondary N) is 1. The van der Waals surface area contributed by atoms with Crippen molar-refractivity contribution in [2.45, 2.75) is 19.9 Å². The van der Waals surface area contributed by atoms with Gasteiger partial charge in [0.25, 0.3) is 0 Å². The third-order valence-electron chi connectivity index (χ3n) is 2.65. The van der Waals surface area contributed by atoms with Gasteiger partial charge in [-0.1, -0.05) is 13.8 Å². The van der Waals surface area contributed by atoms with Gasteiger partial charge in [0.15, 0.2) is 0 Å². The van der Waals surface area contributed by atoms with E-state index in [1.807, 2.05) is 0 Å². The van der Waals surface area contributed by atoms with Gasteiger partial charge < -0.3 is 15.5 Å². The van der Waals surface area contributed by atoms with Crippen LogP contribution in [0.2, 0.25) is 0 Å². The van der Waals surface area contributed by atoms with E-state index < -0.39 is 35.7 Å². The first kappa shape index (κ1) is 11.5. The molecule has 3 unspecified atom stereocenters. The standard InChI is InChI=1S/C9H13NO5/c1-3(2)4-5(8(12)13)7(11)10-6(4)9(14)15/h3-6H,1-2H3,(H,10,11)(H,12,13)(H,14,15). The van der Waals surface area contributed by atoms with Crippen LogP contribution in [0.4, 0.5) is 0 Å². The smallest absolute Gasteiger partial charge is 0.326 e. The average molecular weight is 215 g/mol. The Morgan fingerprint density at radius 2 is 1.80 bits per heavy atom. The van der Waals surface area contributed by atoms with Crippen molar-refractivity contribution < 1.29 is 24.6 Å². The van der Waals surface area contributed by atoms with E-state index in [1.165, 1.54) is 0 Å². The topological polar surface area (TPSA) is 104 Å². The summed E-state index contributed by atoms with van der Waals surface area (Å²) in [6.07, 6.45) is 0. The lowest BCUT2D eigenvalue weighted by Crippen LogP contribution is -2.39. The van der Waals surface area contributed by atoms with E-state index in [9.17, 15) is 14.4 Å². The molecule has 1 rings (SSSR count). The van der Waals surface area contributed by atoms with Crippen molar-refractivity contribution in [2.75, 3.05) is 0 Å². The summed E-state index contributed by atoms with van der Waals surface area (Å²) in [6.45, 7) is 3.41. The van der Waals surface area contributed by atoms with Gasteiger partial charge in [-0.25, -0.2) is 4.79 Å². The average Bonchev–Trinajstić information content (AvgIpc) is 2.42. The van der Waals surface area contributed by atoms with Gasteiger partial charge in [-0.3, -0.25) is 9.59 Å². The number of carboxylic acids is 2. The summed E-state index contributed by atoms with van der Waals surface area (Å²) in [5, 5.41) is 19.9. The first-order valence-corrected chi connectivity index (χ1v) is 4.62. The molecule has 3 N–H and O–H groups in total. The normalized spacial score (nSPS) is 30.3. The van der Waals surface area contributed by atoms with E-state index in [4.69, 9.17) is 10.2 Å². The molecule has 3 atom stereocenters. The molecule has 1 amide bonds. The number of aliphatic carboxylic acids is 2. The van der Waals surface area contributed by atoms with Gasteiger partial charge in [0.1, 0.15) is 12.0 Å². The van der Waals surface area contributed by atoms with Crippen molar-refractivity contribution in [2.24, 2.45) is 17.8 Å². The third-order valence-corrected chi connectivity index (χ3v) is 2.65. The van der Waals surface area contributed by atoms with Gasteiger partial charge in [-0.15, -0.1) is 0 Å². The maximum absolute atomic E-state index is 11.3. The van der Waals surface area contributed by atoms with Crippen LogP contribution in [0.15, 0.2) is 0 Å². The Balaban J connectivity index is 3.03. The molecule has 0 aromatic carbocycles. The summed E-state index contributed by atoms with van der Waals surface area (Å²) in [7, 11) is 0. The maximum Gasteiger partial charge on any atom is 0.326 e. The van der Waals surface area contributed by atoms with Crippen molar-refractivity contribution in [3.8, 4) is 0 Å². The number of amides is 1. The van der Waals surface area contributed by atoms with Crippen LogP contribution in [-0.2, 0) is 14.4 Å². The zero-order valence-corrected chi connectivity index (χ0v) is 8.43. The van der Waals surface area contributed by atoms with Gasteiger partial charge >= 0.3 is 11.9 Å². The third kappa shape index (κ3) is 1.93. The summed E-state index contributed by atoms with van der Waals surface area (Å²) in [4.78, 5) is 33.0. The van der Waals surface area contributed by atoms with E-state index in [2.05, 4.69) is 5.32 Å². The predicted molar refractivity (Wildman–Crippen MR) is 49.0 cm³/mol. The highest BCUT2D eigenvalue weighted by Gasteiger charge is 2.50. The van der Waals surface area contributed by atoms with Gasteiger partial charge in [-0.2, -0.15) is 0 Å². The number of hydrogen-bond donors (Lipinski definition) is 3. The molecule has 1 aliphatic rings. The molecule has 1 heterocycles. The molecule has 0 aromatic heterocycles. The Hall–Kier alpha value is -1.59. The molecule has 1 fully saturated rings. The Kier molecular flexibility index (Phi) is 2.97. The maximum atomic E-state index is 11.3. The number of carbonyl (C=O) groups is 3. The first-order valence-electron chi connectivity index (χ1n) is 4.62. The zero-order chi connectivity index (χ0) is 11.7. The fourth-order valence-corrected chi connectivity index (χ4v) is 1.98. The fourth-order valence-electron chi connectivity index (χ4n) is 1.98. The summed E-state index contributed by atoms with van der Waals surface area (Å²) >= 11 is 0. The number of rotatable bonds is 3. The van der Waals surface area contributed by atoms with Crippen LogP contribution in [0.1, 0.15) is 13.8 Å². The Morgan fingerprint density at radius 1 is 1.27 bits per heavy atom. The largest absolute Gasteiger partial charge is 0.481 e. The van der Waals surface area contributed by atoms with E-state index in [0.29, 0.717) is 0 Å². The van der Waals surface area contributed by atoms with Gasteiger partial charge in [0.05, 0.1) is 0 Å². The fraction of sp³-hybridized carbons (Fsp3) is 0.667. The highest BCUT2D eigenvalue weighted by atomic mass is 16.4. The Labute approximate surface area is 86.3 Å². The van der Waals surface area contributed by atoms with Crippen molar-refractivity contribution in [3.05, 3.63) is 0 Å². The quantitative estimate of drug-likeness (QED) is 0.553. The molecule has 0 aliphatic carbocycles. The van der Waals surface area contributed by atoms with E-state index in [1.54, 1.807) is 13.8 Å². The minimum atomic E-state index is -1.27. The predicted octanol–water partition coefficient (Wildman–Crippen LogP) is -0.458. The molecule has 0 bridgehead atoms. The van der Waals surface area contributed by atoms with Crippen LogP contribution in [0.5, 0.6) is 0 Å². The van der Waals surface area contributed by atoms with Crippen LogP contribution < -0.4 is 5.32 Å². The molecule has 0 saturated carbocycles. The number of hydrogen-bond acceptors (Lipinski definition) is 3. The number of carboxylic acid groups (broad SMARTS) is 2. The van der Waals surface area contributed by atoms with Crippen LogP contribution >= 0.6 is 0 Å². The van der Waals surface area contributed by atoms with E-state index >= 15 is 0 Å². The summed E-state index contributed by atoms with van der Waals surface area (Å²) in [5.41, 5.74) is 0. The molecule has 0 spiro atoms. The molecule has 84 valence electrons. The lowest BCUT2D eigenvalue weighted by molar-refractivity contribution is -0.147. The Morgan fingerprint density at radius 3 is 2.13 bits per heavy atom. The van der Waals surface area contributed by atoms with Crippen LogP contribution in [0, 0.1) is 17.8 Å². The van der Waals surface area contributed by atoms with Crippen LogP contribution in [0.3, 0.4) is 0 Å². The van der Waals surface area contributed by atoms with Crippen molar-refractivity contribution in [3.63, 3.8) is 0 Å². The van der Waals surface area contributed by atoms with Gasteiger partial charge in [0.2, 0.25) is 5.91 Å². The van der Waals surface area contributed by atoms with E-state index in [0.717, 1.165) is 0 Å². The highest BCUT2D eigenvalue weighted by Crippen LogP contribution is 2.30. The molecule has 15 heavy (non-hydrogen) atoms. The van der Waals surface area contributed by atoms with E-state index in [-0.39, 0.29) is 5.92 Å². The highest BCUT2D eigenvalue weighted by molar-refractivity contribution is 6.02. The monoisotopic (exact) mass is 215 g/mol. The van der Waals surface area contributed by atoms with Crippen molar-refractivity contribution in [1.29, 1.82) is 0 Å². The summed E-state index contributed by atoms with van der Waals surface area (Å²) < 4.78 is 0. The molecule has 0 radical (unpaired) electrons. The first-order chi connectivity index (χ1) is 6.86. The molecule has 1 saturated heterocycles. The Bertz CT molecular complexity index is 312. The minimum absolute atomic E-state index is 0.189. The second kappa shape index (κ2) is 3.88. The second-order valence-electron chi connectivity index (χ2n) is 3.96.